The van der Waals surface area contributed by atoms with Crippen molar-refractivity contribution in [2.75, 3.05) is 18.0 Å². The zero-order chi connectivity index (χ0) is 11.5. The van der Waals surface area contributed by atoms with Crippen LogP contribution in [0.4, 0.5) is 5.69 Å². The largest absolute Gasteiger partial charge is 0.370 e. The van der Waals surface area contributed by atoms with Gasteiger partial charge in [-0.3, -0.25) is 4.98 Å². The van der Waals surface area contributed by atoms with Crippen molar-refractivity contribution >= 4 is 5.69 Å². The summed E-state index contributed by atoms with van der Waals surface area (Å²) in [5.41, 5.74) is 8.18. The minimum Gasteiger partial charge on any atom is -0.370 e. The van der Waals surface area contributed by atoms with Crippen LogP contribution in [0.1, 0.15) is 38.4 Å². The van der Waals surface area contributed by atoms with Crippen LogP contribution in [-0.4, -0.2) is 18.1 Å². The maximum absolute atomic E-state index is 5.94. The van der Waals surface area contributed by atoms with Gasteiger partial charge in [0.1, 0.15) is 0 Å². The average molecular weight is 219 g/mol. The van der Waals surface area contributed by atoms with Gasteiger partial charge in [0.2, 0.25) is 0 Å². The smallest absolute Gasteiger partial charge is 0.0572 e. The lowest BCUT2D eigenvalue weighted by atomic mass is 10.1. The van der Waals surface area contributed by atoms with Gasteiger partial charge in [-0.25, -0.2) is 0 Å². The second kappa shape index (κ2) is 4.83. The van der Waals surface area contributed by atoms with E-state index < -0.39 is 0 Å². The van der Waals surface area contributed by atoms with E-state index >= 15 is 0 Å². The third-order valence-electron chi connectivity index (χ3n) is 3.38. The van der Waals surface area contributed by atoms with Crippen LogP contribution in [0.15, 0.2) is 18.3 Å². The Bertz CT molecular complexity index is 334. The molecule has 0 aromatic carbocycles. The molecule has 0 radical (unpaired) electrons. The molecule has 1 aliphatic heterocycles. The molecule has 1 aromatic heterocycles. The predicted octanol–water partition coefficient (Wildman–Crippen LogP) is 2.34. The molecule has 2 rings (SSSR count). The van der Waals surface area contributed by atoms with Crippen LogP contribution in [0, 0.1) is 5.92 Å². The molecule has 88 valence electrons. The Hall–Kier alpha value is -1.09. The fourth-order valence-electron chi connectivity index (χ4n) is 2.18. The summed E-state index contributed by atoms with van der Waals surface area (Å²) in [6.45, 7) is 6.69. The Morgan fingerprint density at radius 3 is 2.88 bits per heavy atom. The van der Waals surface area contributed by atoms with E-state index in [4.69, 9.17) is 5.73 Å². The van der Waals surface area contributed by atoms with Crippen LogP contribution in [0.25, 0.3) is 0 Å². The van der Waals surface area contributed by atoms with Gasteiger partial charge in [0.25, 0.3) is 0 Å². The second-order valence-corrected chi connectivity index (χ2v) is 4.80. The molecule has 16 heavy (non-hydrogen) atoms. The number of anilines is 1. The Morgan fingerprint density at radius 1 is 1.56 bits per heavy atom. The van der Waals surface area contributed by atoms with E-state index in [0.29, 0.717) is 0 Å². The van der Waals surface area contributed by atoms with Crippen molar-refractivity contribution in [1.29, 1.82) is 0 Å². The van der Waals surface area contributed by atoms with Gasteiger partial charge in [0.15, 0.2) is 0 Å². The van der Waals surface area contributed by atoms with Crippen LogP contribution < -0.4 is 10.6 Å². The van der Waals surface area contributed by atoms with E-state index in [0.717, 1.165) is 31.1 Å². The average Bonchev–Trinajstić information content (AvgIpc) is 2.75. The Kier molecular flexibility index (Phi) is 3.44. The number of pyridine rings is 1. The highest BCUT2D eigenvalue weighted by atomic mass is 15.2. The van der Waals surface area contributed by atoms with Crippen LogP contribution in [-0.2, 0) is 0 Å². The highest BCUT2D eigenvalue weighted by molar-refractivity contribution is 5.45. The number of hydrogen-bond donors (Lipinski definition) is 1. The van der Waals surface area contributed by atoms with Crippen LogP contribution in [0.2, 0.25) is 0 Å². The Labute approximate surface area is 97.7 Å². The van der Waals surface area contributed by atoms with Gasteiger partial charge in [-0.05, 0) is 30.9 Å². The van der Waals surface area contributed by atoms with Crippen LogP contribution in [0.3, 0.4) is 0 Å². The topological polar surface area (TPSA) is 42.1 Å². The molecule has 1 aliphatic rings. The van der Waals surface area contributed by atoms with Crippen molar-refractivity contribution in [2.45, 2.75) is 32.7 Å². The summed E-state index contributed by atoms with van der Waals surface area (Å²) in [5.74, 6) is 0.803. The molecule has 3 nitrogen and oxygen atoms in total. The third-order valence-corrected chi connectivity index (χ3v) is 3.38. The van der Waals surface area contributed by atoms with E-state index in [1.54, 1.807) is 0 Å². The molecule has 2 heterocycles. The zero-order valence-corrected chi connectivity index (χ0v) is 10.2. The molecular weight excluding hydrogens is 198 g/mol. The molecule has 0 spiro atoms. The minimum absolute atomic E-state index is 0.0755. The molecule has 0 aliphatic carbocycles. The summed E-state index contributed by atoms with van der Waals surface area (Å²) in [6, 6.07) is 4.29. The van der Waals surface area contributed by atoms with Gasteiger partial charge in [-0.1, -0.05) is 13.8 Å². The van der Waals surface area contributed by atoms with Crippen molar-refractivity contribution < 1.29 is 0 Å². The zero-order valence-electron chi connectivity index (χ0n) is 10.2. The Morgan fingerprint density at radius 2 is 2.38 bits per heavy atom. The number of rotatable bonds is 3. The summed E-state index contributed by atoms with van der Waals surface area (Å²) in [4.78, 5) is 6.85. The molecule has 2 atom stereocenters. The molecule has 2 unspecified atom stereocenters. The van der Waals surface area contributed by atoms with Gasteiger partial charge in [0.05, 0.1) is 17.6 Å². The molecule has 0 bridgehead atoms. The first kappa shape index (κ1) is 11.4. The second-order valence-electron chi connectivity index (χ2n) is 4.80. The fraction of sp³-hybridized carbons (Fsp3) is 0.615. The van der Waals surface area contributed by atoms with E-state index in [2.05, 4.69) is 35.9 Å². The summed E-state index contributed by atoms with van der Waals surface area (Å²) in [5, 5.41) is 0. The quantitative estimate of drug-likeness (QED) is 0.848. The fourth-order valence-corrected chi connectivity index (χ4v) is 2.18. The lowest BCUT2D eigenvalue weighted by Crippen LogP contribution is -2.19. The van der Waals surface area contributed by atoms with Crippen molar-refractivity contribution in [3.63, 3.8) is 0 Å². The van der Waals surface area contributed by atoms with E-state index in [1.807, 2.05) is 6.20 Å². The molecule has 1 saturated heterocycles. The first-order chi connectivity index (χ1) is 7.70. The van der Waals surface area contributed by atoms with Gasteiger partial charge in [0, 0.05) is 19.1 Å². The lowest BCUT2D eigenvalue weighted by Gasteiger charge is -2.18. The molecule has 3 heteroatoms. The highest BCUT2D eigenvalue weighted by Crippen LogP contribution is 2.23. The number of nitrogens with zero attached hydrogens (tertiary/aromatic N) is 2. The summed E-state index contributed by atoms with van der Waals surface area (Å²) >= 11 is 0. The number of aromatic nitrogens is 1. The van der Waals surface area contributed by atoms with E-state index in [9.17, 15) is 0 Å². The molecule has 2 N–H and O–H groups in total. The summed E-state index contributed by atoms with van der Waals surface area (Å²) in [6.07, 6.45) is 4.19. The first-order valence-electron chi connectivity index (χ1n) is 6.17. The standard InChI is InChI=1S/C13H21N3/c1-3-12(14)13-5-4-11(8-15-13)16-7-6-10(2)9-16/h4-5,8,10,12H,3,6-7,9,14H2,1-2H3. The molecule has 1 aromatic rings. The minimum atomic E-state index is 0.0755. The highest BCUT2D eigenvalue weighted by Gasteiger charge is 2.19. The van der Waals surface area contributed by atoms with Crippen molar-refractivity contribution in [1.82, 2.24) is 4.98 Å². The predicted molar refractivity (Wildman–Crippen MR) is 67.5 cm³/mol. The lowest BCUT2D eigenvalue weighted by molar-refractivity contribution is 0.658. The molecule has 0 saturated carbocycles. The first-order valence-corrected chi connectivity index (χ1v) is 6.17. The van der Waals surface area contributed by atoms with Crippen molar-refractivity contribution in [2.24, 2.45) is 11.7 Å². The maximum atomic E-state index is 5.94. The van der Waals surface area contributed by atoms with Crippen molar-refractivity contribution in [3.05, 3.63) is 24.0 Å². The monoisotopic (exact) mass is 219 g/mol. The summed E-state index contributed by atoms with van der Waals surface area (Å²) < 4.78 is 0. The van der Waals surface area contributed by atoms with Crippen LogP contribution in [0.5, 0.6) is 0 Å². The van der Waals surface area contributed by atoms with Gasteiger partial charge < -0.3 is 10.6 Å². The third kappa shape index (κ3) is 2.35. The summed E-state index contributed by atoms with van der Waals surface area (Å²) in [7, 11) is 0. The van der Waals surface area contributed by atoms with E-state index in [-0.39, 0.29) is 6.04 Å². The Balaban J connectivity index is 2.07. The number of hydrogen-bond acceptors (Lipinski definition) is 3. The van der Waals surface area contributed by atoms with Crippen LogP contribution >= 0.6 is 0 Å². The molecule has 1 fully saturated rings. The molecule has 0 amide bonds. The number of nitrogens with two attached hydrogens (primary N) is 1. The van der Waals surface area contributed by atoms with Gasteiger partial charge >= 0.3 is 0 Å². The van der Waals surface area contributed by atoms with Gasteiger partial charge in [-0.15, -0.1) is 0 Å². The maximum Gasteiger partial charge on any atom is 0.0572 e. The van der Waals surface area contributed by atoms with Gasteiger partial charge in [-0.2, -0.15) is 0 Å². The van der Waals surface area contributed by atoms with Crippen molar-refractivity contribution in [3.8, 4) is 0 Å². The SMILES string of the molecule is CCC(N)c1ccc(N2CCC(C)C2)cn1. The molecular formula is C13H21N3. The van der Waals surface area contributed by atoms with E-state index in [1.165, 1.54) is 12.1 Å². The normalized spacial score (nSPS) is 22.4.